The van der Waals surface area contributed by atoms with Gasteiger partial charge in [0.15, 0.2) is 5.96 Å². The van der Waals surface area contributed by atoms with E-state index in [-0.39, 0.29) is 29.9 Å². The van der Waals surface area contributed by atoms with Crippen LogP contribution >= 0.6 is 24.0 Å². The van der Waals surface area contributed by atoms with Gasteiger partial charge in [-0.1, -0.05) is 48.9 Å². The minimum Gasteiger partial charge on any atom is -0.357 e. The summed E-state index contributed by atoms with van der Waals surface area (Å²) in [6, 6.07) is 16.1. The first-order valence-corrected chi connectivity index (χ1v) is 9.57. The Bertz CT molecular complexity index is 759. The molecular weight excluding hydrogens is 463 g/mol. The monoisotopic (exact) mass is 494 g/mol. The van der Waals surface area contributed by atoms with Crippen molar-refractivity contribution in [1.82, 2.24) is 16.0 Å². The van der Waals surface area contributed by atoms with Crippen LogP contribution in [0.25, 0.3) is 0 Å². The molecule has 0 saturated carbocycles. The molecule has 28 heavy (non-hydrogen) atoms. The summed E-state index contributed by atoms with van der Waals surface area (Å²) in [4.78, 5) is 16.7. The summed E-state index contributed by atoms with van der Waals surface area (Å²) in [7, 11) is 0. The van der Waals surface area contributed by atoms with E-state index in [2.05, 4.69) is 52.1 Å². The van der Waals surface area contributed by atoms with E-state index in [9.17, 15) is 4.79 Å². The van der Waals surface area contributed by atoms with Crippen molar-refractivity contribution in [3.63, 3.8) is 0 Å². The fourth-order valence-electron chi connectivity index (χ4n) is 2.56. The Kier molecular flexibility index (Phi) is 11.2. The number of halogens is 1. The number of guanidine groups is 1. The molecule has 2 aromatic rings. The van der Waals surface area contributed by atoms with Gasteiger partial charge < -0.3 is 16.0 Å². The molecule has 0 spiro atoms. The highest BCUT2D eigenvalue weighted by molar-refractivity contribution is 14.0. The predicted octanol–water partition coefficient (Wildman–Crippen LogP) is 4.01. The van der Waals surface area contributed by atoms with Crippen molar-refractivity contribution < 1.29 is 4.79 Å². The van der Waals surface area contributed by atoms with Crippen LogP contribution in [0.1, 0.15) is 47.3 Å². The smallest absolute Gasteiger partial charge is 0.251 e. The molecule has 0 saturated heterocycles. The summed E-state index contributed by atoms with van der Waals surface area (Å²) in [5, 5.41) is 9.51. The van der Waals surface area contributed by atoms with Crippen LogP contribution in [-0.4, -0.2) is 25.0 Å². The normalized spacial score (nSPS) is 10.8. The maximum atomic E-state index is 12.1. The van der Waals surface area contributed by atoms with Crippen LogP contribution in [0.5, 0.6) is 0 Å². The summed E-state index contributed by atoms with van der Waals surface area (Å²) in [5.74, 6) is 0.728. The average molecular weight is 494 g/mol. The van der Waals surface area contributed by atoms with Gasteiger partial charge in [0.05, 0.1) is 6.54 Å². The van der Waals surface area contributed by atoms with Crippen LogP contribution in [0.2, 0.25) is 0 Å². The van der Waals surface area contributed by atoms with Crippen molar-refractivity contribution in [2.45, 2.75) is 40.3 Å². The summed E-state index contributed by atoms with van der Waals surface area (Å²) in [6.45, 7) is 8.87. The zero-order valence-corrected chi connectivity index (χ0v) is 19.2. The van der Waals surface area contributed by atoms with E-state index >= 15 is 0 Å². The predicted molar refractivity (Wildman–Crippen MR) is 127 cm³/mol. The summed E-state index contributed by atoms with van der Waals surface area (Å²) in [6.07, 6.45) is 0.925. The third-order valence-electron chi connectivity index (χ3n) is 4.07. The van der Waals surface area contributed by atoms with E-state index in [4.69, 9.17) is 0 Å². The van der Waals surface area contributed by atoms with Crippen molar-refractivity contribution in [2.24, 2.45) is 4.99 Å². The third kappa shape index (κ3) is 8.29. The van der Waals surface area contributed by atoms with Gasteiger partial charge in [0.2, 0.25) is 0 Å². The van der Waals surface area contributed by atoms with E-state index in [0.29, 0.717) is 25.2 Å². The number of hydrogen-bond acceptors (Lipinski definition) is 2. The SMILES string of the molecule is CCCNC(=O)c1cccc(CN=C(NCC)NCc2ccc(C)cc2)c1.I. The van der Waals surface area contributed by atoms with Crippen LogP contribution < -0.4 is 16.0 Å². The molecule has 0 aliphatic rings. The van der Waals surface area contributed by atoms with Gasteiger partial charge in [-0.3, -0.25) is 4.79 Å². The van der Waals surface area contributed by atoms with Gasteiger partial charge in [0.25, 0.3) is 5.91 Å². The van der Waals surface area contributed by atoms with Gasteiger partial charge in [-0.25, -0.2) is 4.99 Å². The molecule has 0 aliphatic heterocycles. The summed E-state index contributed by atoms with van der Waals surface area (Å²) in [5.41, 5.74) is 4.14. The summed E-state index contributed by atoms with van der Waals surface area (Å²) < 4.78 is 0. The largest absolute Gasteiger partial charge is 0.357 e. The number of nitrogens with one attached hydrogen (secondary N) is 3. The van der Waals surface area contributed by atoms with Gasteiger partial charge in [-0.05, 0) is 43.5 Å². The number of aryl methyl sites for hydroxylation is 1. The fraction of sp³-hybridized carbons (Fsp3) is 0.364. The van der Waals surface area contributed by atoms with Crippen molar-refractivity contribution in [3.8, 4) is 0 Å². The van der Waals surface area contributed by atoms with E-state index < -0.39 is 0 Å². The second kappa shape index (κ2) is 13.1. The van der Waals surface area contributed by atoms with Crippen LogP contribution in [0, 0.1) is 6.92 Å². The van der Waals surface area contributed by atoms with E-state index in [1.165, 1.54) is 11.1 Å². The van der Waals surface area contributed by atoms with E-state index in [1.54, 1.807) is 0 Å². The van der Waals surface area contributed by atoms with Gasteiger partial charge in [0.1, 0.15) is 0 Å². The number of carbonyl (C=O) groups is 1. The number of benzene rings is 2. The first kappa shape index (κ1) is 23.9. The molecule has 1 amide bonds. The number of amides is 1. The lowest BCUT2D eigenvalue weighted by Crippen LogP contribution is -2.36. The Morgan fingerprint density at radius 3 is 2.39 bits per heavy atom. The van der Waals surface area contributed by atoms with Crippen LogP contribution in [0.4, 0.5) is 0 Å². The lowest BCUT2D eigenvalue weighted by molar-refractivity contribution is 0.0953. The molecule has 0 unspecified atom stereocenters. The molecule has 0 aliphatic carbocycles. The molecule has 152 valence electrons. The van der Waals surface area contributed by atoms with Gasteiger partial charge in [-0.15, -0.1) is 24.0 Å². The number of nitrogens with zero attached hydrogens (tertiary/aromatic N) is 1. The Morgan fingerprint density at radius 2 is 1.71 bits per heavy atom. The molecule has 6 heteroatoms. The Morgan fingerprint density at radius 1 is 0.964 bits per heavy atom. The number of aliphatic imine (C=N–C) groups is 1. The highest BCUT2D eigenvalue weighted by Crippen LogP contribution is 2.07. The Hall–Kier alpha value is -2.09. The van der Waals surface area contributed by atoms with Crippen molar-refractivity contribution in [2.75, 3.05) is 13.1 Å². The molecular formula is C22H31IN4O. The first-order chi connectivity index (χ1) is 13.1. The Balaban J connectivity index is 0.00000392. The average Bonchev–Trinajstić information content (AvgIpc) is 2.69. The van der Waals surface area contributed by atoms with Gasteiger partial charge >= 0.3 is 0 Å². The molecule has 0 radical (unpaired) electrons. The maximum absolute atomic E-state index is 12.1. The summed E-state index contributed by atoms with van der Waals surface area (Å²) >= 11 is 0. The molecule has 0 bridgehead atoms. The molecule has 2 aromatic carbocycles. The maximum Gasteiger partial charge on any atom is 0.251 e. The third-order valence-corrected chi connectivity index (χ3v) is 4.07. The second-order valence-electron chi connectivity index (χ2n) is 6.49. The molecule has 5 nitrogen and oxygen atoms in total. The fourth-order valence-corrected chi connectivity index (χ4v) is 2.56. The molecule has 0 heterocycles. The van der Waals surface area contributed by atoms with Crippen molar-refractivity contribution >= 4 is 35.8 Å². The molecule has 3 N–H and O–H groups in total. The lowest BCUT2D eigenvalue weighted by atomic mass is 10.1. The molecule has 2 rings (SSSR count). The van der Waals surface area contributed by atoms with Gasteiger partial charge in [-0.2, -0.15) is 0 Å². The van der Waals surface area contributed by atoms with E-state index in [1.807, 2.05) is 38.1 Å². The number of rotatable bonds is 8. The van der Waals surface area contributed by atoms with E-state index in [0.717, 1.165) is 24.5 Å². The van der Waals surface area contributed by atoms with Gasteiger partial charge in [0, 0.05) is 25.2 Å². The minimum absolute atomic E-state index is 0. The van der Waals surface area contributed by atoms with Crippen molar-refractivity contribution in [3.05, 3.63) is 70.8 Å². The Labute approximate surface area is 185 Å². The zero-order chi connectivity index (χ0) is 19.5. The second-order valence-corrected chi connectivity index (χ2v) is 6.49. The molecule has 0 fully saturated rings. The van der Waals surface area contributed by atoms with Crippen LogP contribution in [0.15, 0.2) is 53.5 Å². The number of hydrogen-bond donors (Lipinski definition) is 3. The highest BCUT2D eigenvalue weighted by atomic mass is 127. The molecule has 0 atom stereocenters. The number of carbonyl (C=O) groups excluding carboxylic acids is 1. The highest BCUT2D eigenvalue weighted by Gasteiger charge is 2.05. The quantitative estimate of drug-likeness (QED) is 0.295. The zero-order valence-electron chi connectivity index (χ0n) is 16.9. The van der Waals surface area contributed by atoms with Crippen LogP contribution in [-0.2, 0) is 13.1 Å². The topological polar surface area (TPSA) is 65.5 Å². The minimum atomic E-state index is -0.0351. The standard InChI is InChI=1S/C22H30N4O.HI/c1-4-13-24-21(27)20-8-6-7-19(14-20)16-26-22(23-5-2)25-15-18-11-9-17(3)10-12-18;/h6-12,14H,4-5,13,15-16H2,1-3H3,(H,24,27)(H2,23,25,26);1H. The van der Waals surface area contributed by atoms with Crippen LogP contribution in [0.3, 0.4) is 0 Å². The molecule has 0 aromatic heterocycles. The van der Waals surface area contributed by atoms with Crippen molar-refractivity contribution in [1.29, 1.82) is 0 Å². The first-order valence-electron chi connectivity index (χ1n) is 9.57. The lowest BCUT2D eigenvalue weighted by Gasteiger charge is -2.12.